The summed E-state index contributed by atoms with van der Waals surface area (Å²) in [5.74, 6) is -1.19. The highest BCUT2D eigenvalue weighted by molar-refractivity contribution is 7.45. The van der Waals surface area contributed by atoms with Crippen molar-refractivity contribution in [2.24, 2.45) is 11.8 Å². The lowest BCUT2D eigenvalue weighted by atomic mass is 9.90. The van der Waals surface area contributed by atoms with Crippen molar-refractivity contribution in [2.45, 2.75) is 161 Å². The number of phosphoric acid groups is 1. The summed E-state index contributed by atoms with van der Waals surface area (Å²) in [7, 11) is 1.06. The molecule has 0 saturated carbocycles. The minimum Gasteiger partial charge on any atom is -0.756 e. The maximum absolute atomic E-state index is 12.7. The molecule has 0 aromatic heterocycles. The minimum absolute atomic E-state index is 0.0295. The molecule has 11 nitrogen and oxygen atoms in total. The molecular weight excluding hydrogens is 721 g/mol. The van der Waals surface area contributed by atoms with E-state index in [-0.39, 0.29) is 43.7 Å². The van der Waals surface area contributed by atoms with Crippen molar-refractivity contribution in [1.82, 2.24) is 0 Å². The van der Waals surface area contributed by atoms with E-state index in [0.717, 1.165) is 38.5 Å². The van der Waals surface area contributed by atoms with Crippen molar-refractivity contribution < 1.29 is 52.0 Å². The van der Waals surface area contributed by atoms with Crippen LogP contribution in [0.25, 0.3) is 0 Å². The Bertz CT molecular complexity index is 1180. The quantitative estimate of drug-likeness (QED) is 0.0217. The van der Waals surface area contributed by atoms with Gasteiger partial charge in [-0.3, -0.25) is 18.9 Å². The van der Waals surface area contributed by atoms with E-state index in [0.29, 0.717) is 43.1 Å². The van der Waals surface area contributed by atoms with Gasteiger partial charge in [0, 0.05) is 18.8 Å². The molecule has 1 N–H and O–H groups in total. The van der Waals surface area contributed by atoms with Gasteiger partial charge in [0.05, 0.1) is 33.9 Å². The Kier molecular flexibility index (Phi) is 28.6. The van der Waals surface area contributed by atoms with Crippen LogP contribution in [0, 0.1) is 11.8 Å². The van der Waals surface area contributed by atoms with Crippen LogP contribution < -0.4 is 4.89 Å². The highest BCUT2D eigenvalue weighted by Gasteiger charge is 2.27. The molecule has 0 amide bonds. The number of phosphoric ester groups is 1. The maximum atomic E-state index is 12.7. The van der Waals surface area contributed by atoms with Crippen molar-refractivity contribution in [3.05, 3.63) is 36.5 Å². The largest absolute Gasteiger partial charge is 0.756 e. The Morgan fingerprint density at radius 3 is 2.07 bits per heavy atom. The third-order valence-corrected chi connectivity index (χ3v) is 10.6. The third-order valence-electron chi connectivity index (χ3n) is 9.66. The smallest absolute Gasteiger partial charge is 0.306 e. The summed E-state index contributed by atoms with van der Waals surface area (Å²) in [6, 6.07) is 0. The summed E-state index contributed by atoms with van der Waals surface area (Å²) in [6.07, 6.45) is 29.4. The maximum Gasteiger partial charge on any atom is 0.306 e. The molecule has 1 rings (SSSR count). The number of carbonyl (C=O) groups is 3. The number of carbonyl (C=O) groups excluding carboxylic acids is 3. The Labute approximate surface area is 333 Å². The van der Waals surface area contributed by atoms with Crippen molar-refractivity contribution in [3.63, 3.8) is 0 Å². The van der Waals surface area contributed by atoms with Crippen LogP contribution in [0.1, 0.15) is 149 Å². The molecule has 1 unspecified atom stereocenters. The fourth-order valence-corrected chi connectivity index (χ4v) is 6.90. The zero-order chi connectivity index (χ0) is 40.8. The van der Waals surface area contributed by atoms with E-state index in [1.165, 1.54) is 51.4 Å². The average Bonchev–Trinajstić information content (AvgIpc) is 3.48. The predicted octanol–water partition coefficient (Wildman–Crippen LogP) is 8.73. The highest BCUT2D eigenvalue weighted by Crippen LogP contribution is 2.38. The van der Waals surface area contributed by atoms with Crippen LogP contribution in [0.2, 0.25) is 0 Å². The van der Waals surface area contributed by atoms with Gasteiger partial charge in [0.15, 0.2) is 11.9 Å². The van der Waals surface area contributed by atoms with Gasteiger partial charge < -0.3 is 33.0 Å². The van der Waals surface area contributed by atoms with Gasteiger partial charge in [0.1, 0.15) is 19.8 Å². The van der Waals surface area contributed by atoms with E-state index in [2.05, 4.69) is 13.8 Å². The van der Waals surface area contributed by atoms with Crippen LogP contribution in [-0.4, -0.2) is 87.0 Å². The molecule has 318 valence electrons. The number of unbranched alkanes of at least 4 members (excludes halogenated alkanes) is 14. The first-order valence-corrected chi connectivity index (χ1v) is 22.7. The van der Waals surface area contributed by atoms with Gasteiger partial charge in [-0.1, -0.05) is 134 Å². The van der Waals surface area contributed by atoms with E-state index in [1.54, 1.807) is 12.2 Å². The molecule has 0 aromatic carbocycles. The van der Waals surface area contributed by atoms with Crippen LogP contribution in [0.5, 0.6) is 0 Å². The molecular formula is C43H76NO10P. The highest BCUT2D eigenvalue weighted by atomic mass is 31.2. The van der Waals surface area contributed by atoms with Crippen LogP contribution in [0.3, 0.4) is 0 Å². The summed E-state index contributed by atoms with van der Waals surface area (Å²) in [5, 5.41) is 10.2. The second-order valence-electron chi connectivity index (χ2n) is 16.0. The minimum atomic E-state index is -4.67. The fourth-order valence-electron chi connectivity index (χ4n) is 6.17. The van der Waals surface area contributed by atoms with E-state index in [1.807, 2.05) is 45.4 Å². The number of allylic oxidation sites excluding steroid dienone is 5. The Balaban J connectivity index is 2.49. The average molecular weight is 798 g/mol. The van der Waals surface area contributed by atoms with E-state index in [4.69, 9.17) is 18.5 Å². The van der Waals surface area contributed by atoms with Crippen LogP contribution in [-0.2, 0) is 37.5 Å². The molecule has 0 aromatic rings. The predicted molar refractivity (Wildman–Crippen MR) is 217 cm³/mol. The number of aliphatic hydroxyl groups excluding tert-OH is 1. The number of nitrogens with zero attached hydrogens (tertiary/aromatic N) is 1. The first kappa shape index (κ1) is 50.9. The molecule has 1 aliphatic rings. The van der Waals surface area contributed by atoms with E-state index >= 15 is 0 Å². The lowest BCUT2D eigenvalue weighted by molar-refractivity contribution is -0.870. The van der Waals surface area contributed by atoms with Gasteiger partial charge in [0.2, 0.25) is 0 Å². The van der Waals surface area contributed by atoms with Crippen LogP contribution in [0.15, 0.2) is 36.5 Å². The second kappa shape index (κ2) is 30.9. The number of hydrogen-bond donors (Lipinski definition) is 1. The lowest BCUT2D eigenvalue weighted by Crippen LogP contribution is -2.37. The Morgan fingerprint density at radius 1 is 0.836 bits per heavy atom. The van der Waals surface area contributed by atoms with Gasteiger partial charge in [0.25, 0.3) is 7.82 Å². The number of rotatable bonds is 35. The molecule has 0 heterocycles. The molecule has 0 bridgehead atoms. The molecule has 55 heavy (non-hydrogen) atoms. The zero-order valence-corrected chi connectivity index (χ0v) is 35.9. The number of aliphatic hydroxyl groups is 1. The molecule has 0 fully saturated rings. The van der Waals surface area contributed by atoms with Crippen LogP contribution in [0.4, 0.5) is 0 Å². The summed E-state index contributed by atoms with van der Waals surface area (Å²) in [6.45, 7) is 3.88. The van der Waals surface area contributed by atoms with Gasteiger partial charge in [-0.2, -0.15) is 0 Å². The van der Waals surface area contributed by atoms with Crippen molar-refractivity contribution >= 4 is 25.5 Å². The number of hydrogen-bond acceptors (Lipinski definition) is 10. The zero-order valence-electron chi connectivity index (χ0n) is 35.0. The van der Waals surface area contributed by atoms with E-state index < -0.39 is 38.6 Å². The number of ketones is 1. The van der Waals surface area contributed by atoms with Crippen molar-refractivity contribution in [3.8, 4) is 0 Å². The second-order valence-corrected chi connectivity index (χ2v) is 17.4. The van der Waals surface area contributed by atoms with Crippen molar-refractivity contribution in [2.75, 3.05) is 47.5 Å². The number of quaternary nitrogens is 1. The first-order chi connectivity index (χ1) is 26.3. The topological polar surface area (TPSA) is 148 Å². The normalized spacial score (nSPS) is 18.3. The third kappa shape index (κ3) is 28.8. The fraction of sp³-hybridized carbons (Fsp3) is 0.791. The number of esters is 2. The monoisotopic (exact) mass is 798 g/mol. The van der Waals surface area contributed by atoms with Crippen LogP contribution >= 0.6 is 7.82 Å². The molecule has 0 saturated heterocycles. The molecule has 5 atom stereocenters. The SMILES string of the molecule is CCCCCCCCCCCCCCC(=O)O[C@H](COC(=O)CCC/C=C\C[C@H]1C=CC(=O)[C@@H]1/C=C/[C@@H](O)CCCCC)COP(=O)([O-])OCC[N+](C)(C)C. The Hall–Kier alpha value is -2.14. The van der Waals surface area contributed by atoms with Gasteiger partial charge in [-0.05, 0) is 44.1 Å². The van der Waals surface area contributed by atoms with Gasteiger partial charge >= 0.3 is 11.9 Å². The summed E-state index contributed by atoms with van der Waals surface area (Å²) < 4.78 is 33.8. The van der Waals surface area contributed by atoms with Gasteiger partial charge in [-0.15, -0.1) is 0 Å². The molecule has 0 radical (unpaired) electrons. The number of ether oxygens (including phenoxy) is 2. The molecule has 1 aliphatic carbocycles. The summed E-state index contributed by atoms with van der Waals surface area (Å²) >= 11 is 0. The van der Waals surface area contributed by atoms with Crippen molar-refractivity contribution in [1.29, 1.82) is 0 Å². The van der Waals surface area contributed by atoms with E-state index in [9.17, 15) is 28.9 Å². The molecule has 12 heteroatoms. The first-order valence-electron chi connectivity index (χ1n) is 21.3. The molecule has 0 spiro atoms. The number of likely N-dealkylation sites (N-methyl/N-ethyl adjacent to an activating group) is 1. The van der Waals surface area contributed by atoms with Gasteiger partial charge in [-0.25, -0.2) is 0 Å². The summed E-state index contributed by atoms with van der Waals surface area (Å²) in [4.78, 5) is 50.0. The Morgan fingerprint density at radius 2 is 1.44 bits per heavy atom. The standard InChI is InChI=1S/C43H76NO10P/c1-6-8-10-11-12-13-14-15-16-17-18-24-28-43(48)54-39(36-53-55(49,50)52-34-33-44(3,4)5)35-51-42(47)27-23-20-19-22-25-37-29-32-41(46)40(37)31-30-38(45)26-21-9-7-2/h19,22,29-32,37-40,45H,6-18,20-21,23-28,33-36H2,1-5H3/b22-19-,31-30+/t37-,38-,39+,40+/m0/s1. The summed E-state index contributed by atoms with van der Waals surface area (Å²) in [5.41, 5.74) is 0. The lowest BCUT2D eigenvalue weighted by Gasteiger charge is -2.28. The molecule has 0 aliphatic heterocycles.